The molecule has 3 rings (SSSR count). The molecule has 0 saturated heterocycles. The molecule has 1 aliphatic heterocycles. The molecular weight excluding hydrogens is 419 g/mol. The molecular formula is C21H21ClF3N3O2. The molecule has 5 nitrogen and oxygen atoms in total. The minimum Gasteiger partial charge on any atom is -0.406 e. The fourth-order valence-electron chi connectivity index (χ4n) is 2.93. The predicted molar refractivity (Wildman–Crippen MR) is 111 cm³/mol. The van der Waals surface area contributed by atoms with Crippen LogP contribution >= 0.6 is 11.6 Å². The highest BCUT2D eigenvalue weighted by Gasteiger charge is 2.31. The van der Waals surface area contributed by atoms with E-state index in [-0.39, 0.29) is 11.9 Å². The molecule has 160 valence electrons. The molecule has 1 atom stereocenters. The van der Waals surface area contributed by atoms with E-state index in [0.29, 0.717) is 28.4 Å². The van der Waals surface area contributed by atoms with E-state index >= 15 is 0 Å². The Labute approximate surface area is 177 Å². The first-order chi connectivity index (χ1) is 14.2. The highest BCUT2D eigenvalue weighted by molar-refractivity contribution is 6.33. The second kappa shape index (κ2) is 8.95. The maximum absolute atomic E-state index is 12.3. The number of ether oxygens (including phenoxy) is 1. The predicted octanol–water partition coefficient (Wildman–Crippen LogP) is 6.02. The Hall–Kier alpha value is -2.74. The number of aryl methyl sites for hydroxylation is 1. The standard InChI is InChI=1S/C21H21ClF3N3O2/c1-4-28(3)12-26-19-9-13(2)16(10-17(19)22)20-11-18(27-30-20)14-5-7-15(8-6-14)29-21(23,24)25/h5-10,12,20H,4,11H2,1-3H3. The maximum atomic E-state index is 12.3. The first kappa shape index (κ1) is 22.0. The van der Waals surface area contributed by atoms with Gasteiger partial charge in [0, 0.05) is 20.0 Å². The zero-order valence-electron chi connectivity index (χ0n) is 16.7. The van der Waals surface area contributed by atoms with Crippen molar-refractivity contribution in [2.24, 2.45) is 10.1 Å². The topological polar surface area (TPSA) is 46.4 Å². The lowest BCUT2D eigenvalue weighted by atomic mass is 9.97. The molecule has 30 heavy (non-hydrogen) atoms. The first-order valence-corrected chi connectivity index (χ1v) is 9.67. The van der Waals surface area contributed by atoms with Crippen molar-refractivity contribution in [3.05, 3.63) is 58.1 Å². The van der Waals surface area contributed by atoms with Crippen molar-refractivity contribution in [1.29, 1.82) is 0 Å². The van der Waals surface area contributed by atoms with Crippen LogP contribution in [0.25, 0.3) is 0 Å². The van der Waals surface area contributed by atoms with E-state index in [1.165, 1.54) is 24.3 Å². The van der Waals surface area contributed by atoms with Crippen molar-refractivity contribution in [1.82, 2.24) is 4.90 Å². The van der Waals surface area contributed by atoms with Gasteiger partial charge in [-0.15, -0.1) is 13.2 Å². The highest BCUT2D eigenvalue weighted by Crippen LogP contribution is 2.37. The van der Waals surface area contributed by atoms with Crippen LogP contribution in [0.2, 0.25) is 5.02 Å². The zero-order valence-corrected chi connectivity index (χ0v) is 17.5. The normalized spacial score (nSPS) is 16.5. The molecule has 0 aromatic heterocycles. The summed E-state index contributed by atoms with van der Waals surface area (Å²) in [4.78, 5) is 11.9. The molecule has 0 bridgehead atoms. The van der Waals surface area contributed by atoms with E-state index in [1.54, 1.807) is 6.34 Å². The van der Waals surface area contributed by atoms with Gasteiger partial charge in [0.15, 0.2) is 6.10 Å². The van der Waals surface area contributed by atoms with Crippen molar-refractivity contribution >= 4 is 29.3 Å². The monoisotopic (exact) mass is 439 g/mol. The van der Waals surface area contributed by atoms with Crippen LogP contribution < -0.4 is 4.74 Å². The van der Waals surface area contributed by atoms with Crippen molar-refractivity contribution in [2.75, 3.05) is 13.6 Å². The molecule has 2 aromatic carbocycles. The van der Waals surface area contributed by atoms with Crippen molar-refractivity contribution in [3.8, 4) is 5.75 Å². The number of halogens is 4. The molecule has 0 saturated carbocycles. The van der Waals surface area contributed by atoms with Gasteiger partial charge in [-0.3, -0.25) is 0 Å². The number of hydrogen-bond acceptors (Lipinski definition) is 4. The number of nitrogens with zero attached hydrogens (tertiary/aromatic N) is 3. The lowest BCUT2D eigenvalue weighted by Crippen LogP contribution is -2.17. The number of hydrogen-bond donors (Lipinski definition) is 0. The van der Waals surface area contributed by atoms with Gasteiger partial charge in [0.1, 0.15) is 5.75 Å². The molecule has 0 amide bonds. The van der Waals surface area contributed by atoms with Gasteiger partial charge in [-0.1, -0.05) is 16.8 Å². The molecule has 1 aliphatic rings. The van der Waals surface area contributed by atoms with Gasteiger partial charge in [0.25, 0.3) is 0 Å². The molecule has 1 unspecified atom stereocenters. The summed E-state index contributed by atoms with van der Waals surface area (Å²) in [7, 11) is 1.92. The van der Waals surface area contributed by atoms with Crippen LogP contribution in [0.3, 0.4) is 0 Å². The van der Waals surface area contributed by atoms with Gasteiger partial charge in [0.05, 0.1) is 22.8 Å². The molecule has 9 heteroatoms. The van der Waals surface area contributed by atoms with Crippen LogP contribution in [-0.4, -0.2) is 36.9 Å². The maximum Gasteiger partial charge on any atom is 0.573 e. The Balaban J connectivity index is 1.71. The largest absolute Gasteiger partial charge is 0.573 e. The van der Waals surface area contributed by atoms with Crippen LogP contribution in [0.15, 0.2) is 46.5 Å². The number of benzene rings is 2. The van der Waals surface area contributed by atoms with E-state index in [9.17, 15) is 13.2 Å². The summed E-state index contributed by atoms with van der Waals surface area (Å²) in [5.41, 5.74) is 3.82. The number of aliphatic imine (C=N–C) groups is 1. The third-order valence-electron chi connectivity index (χ3n) is 4.67. The van der Waals surface area contributed by atoms with E-state index < -0.39 is 6.36 Å². The quantitative estimate of drug-likeness (QED) is 0.408. The lowest BCUT2D eigenvalue weighted by Gasteiger charge is -2.14. The average Bonchev–Trinajstić information content (AvgIpc) is 3.17. The fraction of sp³-hybridized carbons (Fsp3) is 0.333. The minimum atomic E-state index is -4.72. The molecule has 1 heterocycles. The Morgan fingerprint density at radius 2 is 2.00 bits per heavy atom. The molecule has 2 aromatic rings. The van der Waals surface area contributed by atoms with Crippen LogP contribution in [0, 0.1) is 6.92 Å². The van der Waals surface area contributed by atoms with Gasteiger partial charge in [0.2, 0.25) is 0 Å². The van der Waals surface area contributed by atoms with Crippen LogP contribution in [0.4, 0.5) is 18.9 Å². The lowest BCUT2D eigenvalue weighted by molar-refractivity contribution is -0.274. The molecule has 0 N–H and O–H groups in total. The van der Waals surface area contributed by atoms with E-state index in [4.69, 9.17) is 16.4 Å². The number of alkyl halides is 3. The summed E-state index contributed by atoms with van der Waals surface area (Å²) in [5, 5.41) is 4.61. The second-order valence-corrected chi connectivity index (χ2v) is 7.29. The average molecular weight is 440 g/mol. The van der Waals surface area contributed by atoms with Crippen LogP contribution in [0.5, 0.6) is 5.75 Å². The second-order valence-electron chi connectivity index (χ2n) is 6.89. The van der Waals surface area contributed by atoms with Gasteiger partial charge < -0.3 is 14.5 Å². The van der Waals surface area contributed by atoms with Crippen molar-refractivity contribution < 1.29 is 22.7 Å². The highest BCUT2D eigenvalue weighted by atomic mass is 35.5. The summed E-state index contributed by atoms with van der Waals surface area (Å²) in [6.45, 7) is 4.80. The van der Waals surface area contributed by atoms with Crippen LogP contribution in [-0.2, 0) is 4.84 Å². The first-order valence-electron chi connectivity index (χ1n) is 9.29. The summed E-state index contributed by atoms with van der Waals surface area (Å²) in [5.74, 6) is -0.283. The van der Waals surface area contributed by atoms with Crippen molar-refractivity contribution in [3.63, 3.8) is 0 Å². The molecule has 0 spiro atoms. The molecule has 0 aliphatic carbocycles. The zero-order chi connectivity index (χ0) is 21.9. The summed E-state index contributed by atoms with van der Waals surface area (Å²) in [6.07, 6.45) is -2.86. The Bertz CT molecular complexity index is 959. The number of rotatable bonds is 6. The SMILES string of the molecule is CCN(C)C=Nc1cc(C)c(C2CC(c3ccc(OC(F)(F)F)cc3)=NO2)cc1Cl. The Kier molecular flexibility index (Phi) is 6.55. The van der Waals surface area contributed by atoms with E-state index in [0.717, 1.165) is 17.7 Å². The Morgan fingerprint density at radius 1 is 1.30 bits per heavy atom. The summed E-state index contributed by atoms with van der Waals surface area (Å²) >= 11 is 6.40. The van der Waals surface area contributed by atoms with Gasteiger partial charge in [-0.25, -0.2) is 4.99 Å². The fourth-order valence-corrected chi connectivity index (χ4v) is 3.15. The molecule has 0 radical (unpaired) electrons. The third kappa shape index (κ3) is 5.44. The number of oxime groups is 1. The van der Waals surface area contributed by atoms with Crippen molar-refractivity contribution in [2.45, 2.75) is 32.7 Å². The Morgan fingerprint density at radius 3 is 2.63 bits per heavy atom. The summed E-state index contributed by atoms with van der Waals surface area (Å²) in [6, 6.07) is 9.25. The van der Waals surface area contributed by atoms with E-state index in [1.807, 2.05) is 37.9 Å². The minimum absolute atomic E-state index is 0.283. The summed E-state index contributed by atoms with van der Waals surface area (Å²) < 4.78 is 40.8. The third-order valence-corrected chi connectivity index (χ3v) is 4.97. The van der Waals surface area contributed by atoms with Gasteiger partial charge in [-0.05, 0) is 66.9 Å². The van der Waals surface area contributed by atoms with Gasteiger partial charge >= 0.3 is 6.36 Å². The van der Waals surface area contributed by atoms with Crippen LogP contribution in [0.1, 0.15) is 36.1 Å². The van der Waals surface area contributed by atoms with Gasteiger partial charge in [-0.2, -0.15) is 0 Å². The van der Waals surface area contributed by atoms with E-state index in [2.05, 4.69) is 14.9 Å². The smallest absolute Gasteiger partial charge is 0.406 e. The molecule has 0 fully saturated rings.